The highest BCUT2D eigenvalue weighted by Crippen LogP contribution is 2.27. The minimum Gasteiger partial charge on any atom is -0.481 e. The summed E-state index contributed by atoms with van der Waals surface area (Å²) in [6, 6.07) is 2.52. The molecule has 5 heteroatoms. The first kappa shape index (κ1) is 13.6. The van der Waals surface area contributed by atoms with Gasteiger partial charge in [0.05, 0.1) is 7.11 Å². The van der Waals surface area contributed by atoms with Gasteiger partial charge in [0, 0.05) is 24.0 Å². The van der Waals surface area contributed by atoms with Crippen LogP contribution in [0.3, 0.4) is 0 Å². The Morgan fingerprint density at radius 1 is 1.44 bits per heavy atom. The first-order valence-corrected chi connectivity index (χ1v) is 7.59. The largest absolute Gasteiger partial charge is 0.481 e. The van der Waals surface area contributed by atoms with E-state index in [4.69, 9.17) is 4.74 Å². The lowest BCUT2D eigenvalue weighted by atomic mass is 10.00. The van der Waals surface area contributed by atoms with E-state index in [0.29, 0.717) is 11.9 Å². The molecule has 0 saturated carbocycles. The highest BCUT2D eigenvalue weighted by molar-refractivity contribution is 9.09. The first-order valence-electron chi connectivity index (χ1n) is 6.47. The highest BCUT2D eigenvalue weighted by atomic mass is 79.9. The number of piperidine rings is 1. The van der Waals surface area contributed by atoms with E-state index in [1.54, 1.807) is 7.11 Å². The summed E-state index contributed by atoms with van der Waals surface area (Å²) in [6.45, 7) is 2.99. The summed E-state index contributed by atoms with van der Waals surface area (Å²) >= 11 is 3.54. The maximum atomic E-state index is 5.23. The Kier molecular flexibility index (Phi) is 4.80. The van der Waals surface area contributed by atoms with Crippen molar-refractivity contribution in [2.45, 2.75) is 38.6 Å². The molecule has 1 saturated heterocycles. The predicted molar refractivity (Wildman–Crippen MR) is 76.7 cm³/mol. The molecule has 0 aliphatic carbocycles. The first-order chi connectivity index (χ1) is 8.74. The quantitative estimate of drug-likeness (QED) is 0.801. The number of nitrogens with zero attached hydrogens (tertiary/aromatic N) is 3. The van der Waals surface area contributed by atoms with Gasteiger partial charge in [-0.25, -0.2) is 4.98 Å². The van der Waals surface area contributed by atoms with Crippen molar-refractivity contribution in [2.75, 3.05) is 23.9 Å². The number of aromatic nitrogens is 2. The zero-order valence-electron chi connectivity index (χ0n) is 11.0. The van der Waals surface area contributed by atoms with Gasteiger partial charge in [-0.1, -0.05) is 15.9 Å². The fraction of sp³-hybridized carbons (Fsp3) is 0.692. The van der Waals surface area contributed by atoms with Crippen molar-refractivity contribution in [2.24, 2.45) is 0 Å². The van der Waals surface area contributed by atoms with Crippen LogP contribution in [0.25, 0.3) is 0 Å². The zero-order valence-corrected chi connectivity index (χ0v) is 12.6. The van der Waals surface area contributed by atoms with Crippen molar-refractivity contribution >= 4 is 21.7 Å². The lowest BCUT2D eigenvalue weighted by Gasteiger charge is -2.36. The van der Waals surface area contributed by atoms with Crippen LogP contribution in [0.15, 0.2) is 6.07 Å². The van der Waals surface area contributed by atoms with Crippen LogP contribution in [-0.2, 0) is 0 Å². The van der Waals surface area contributed by atoms with Crippen molar-refractivity contribution < 1.29 is 4.74 Å². The molecule has 18 heavy (non-hydrogen) atoms. The van der Waals surface area contributed by atoms with Crippen LogP contribution in [0.5, 0.6) is 5.88 Å². The van der Waals surface area contributed by atoms with Crippen molar-refractivity contribution in [3.05, 3.63) is 11.9 Å². The van der Waals surface area contributed by atoms with Crippen LogP contribution >= 0.6 is 15.9 Å². The number of hydrogen-bond donors (Lipinski definition) is 0. The molecule has 0 N–H and O–H groups in total. The molecule has 1 fully saturated rings. The molecule has 1 atom stereocenters. The second kappa shape index (κ2) is 6.36. The van der Waals surface area contributed by atoms with Gasteiger partial charge in [-0.05, 0) is 32.6 Å². The van der Waals surface area contributed by atoms with Crippen molar-refractivity contribution in [1.29, 1.82) is 0 Å². The van der Waals surface area contributed by atoms with Gasteiger partial charge in [-0.3, -0.25) is 0 Å². The van der Waals surface area contributed by atoms with Gasteiger partial charge in [0.15, 0.2) is 0 Å². The minimum absolute atomic E-state index is 0.581. The maximum Gasteiger partial charge on any atom is 0.218 e. The molecule has 1 aromatic rings. The average Bonchev–Trinajstić information content (AvgIpc) is 2.39. The predicted octanol–water partition coefficient (Wildman–Crippen LogP) is 2.94. The van der Waals surface area contributed by atoms with Crippen LogP contribution in [0.1, 0.15) is 31.5 Å². The Morgan fingerprint density at radius 3 is 3.00 bits per heavy atom. The molecule has 0 bridgehead atoms. The molecule has 100 valence electrons. The Morgan fingerprint density at radius 2 is 2.28 bits per heavy atom. The van der Waals surface area contributed by atoms with Gasteiger partial charge in [0.1, 0.15) is 11.6 Å². The van der Waals surface area contributed by atoms with E-state index in [0.717, 1.165) is 29.9 Å². The van der Waals surface area contributed by atoms with Gasteiger partial charge in [-0.2, -0.15) is 4.98 Å². The van der Waals surface area contributed by atoms with Gasteiger partial charge < -0.3 is 9.64 Å². The van der Waals surface area contributed by atoms with Crippen molar-refractivity contribution in [3.8, 4) is 5.88 Å². The molecule has 1 aromatic heterocycles. The van der Waals surface area contributed by atoms with E-state index >= 15 is 0 Å². The number of halogens is 1. The van der Waals surface area contributed by atoms with Crippen molar-refractivity contribution in [1.82, 2.24) is 9.97 Å². The number of ether oxygens (including phenoxy) is 1. The minimum atomic E-state index is 0.581. The van der Waals surface area contributed by atoms with E-state index in [1.807, 2.05) is 13.0 Å². The summed E-state index contributed by atoms with van der Waals surface area (Å²) in [5.74, 6) is 2.43. The molecule has 4 nitrogen and oxygen atoms in total. The molecular formula is C13H20BrN3O. The number of aryl methyl sites for hydroxylation is 1. The number of alkyl halides is 1. The summed E-state index contributed by atoms with van der Waals surface area (Å²) in [7, 11) is 1.65. The van der Waals surface area contributed by atoms with Crippen LogP contribution < -0.4 is 9.64 Å². The van der Waals surface area contributed by atoms with Crippen molar-refractivity contribution in [3.63, 3.8) is 0 Å². The number of hydrogen-bond acceptors (Lipinski definition) is 4. The number of methoxy groups -OCH3 is 1. The fourth-order valence-corrected chi connectivity index (χ4v) is 3.03. The summed E-state index contributed by atoms with van der Waals surface area (Å²) < 4.78 is 5.23. The van der Waals surface area contributed by atoms with E-state index in [-0.39, 0.29) is 0 Å². The lowest BCUT2D eigenvalue weighted by Crippen LogP contribution is -2.40. The SMILES string of the molecule is COc1cc(N2CCCCC2CCBr)nc(C)n1. The maximum absolute atomic E-state index is 5.23. The monoisotopic (exact) mass is 313 g/mol. The highest BCUT2D eigenvalue weighted by Gasteiger charge is 2.23. The van der Waals surface area contributed by atoms with Crippen LogP contribution in [0.4, 0.5) is 5.82 Å². The molecule has 1 unspecified atom stereocenters. The molecule has 0 amide bonds. The molecule has 0 aromatic carbocycles. The molecule has 1 aliphatic heterocycles. The standard InChI is InChI=1S/C13H20BrN3O/c1-10-15-12(9-13(16-10)18-2)17-8-4-3-5-11(17)6-7-14/h9,11H,3-8H2,1-2H3. The van der Waals surface area contributed by atoms with E-state index in [2.05, 4.69) is 30.8 Å². The second-order valence-corrected chi connectivity index (χ2v) is 5.43. The Bertz CT molecular complexity index is 398. The zero-order chi connectivity index (χ0) is 13.0. The molecular weight excluding hydrogens is 294 g/mol. The van der Waals surface area contributed by atoms with Gasteiger partial charge in [-0.15, -0.1) is 0 Å². The smallest absolute Gasteiger partial charge is 0.218 e. The summed E-state index contributed by atoms with van der Waals surface area (Å²) in [5.41, 5.74) is 0. The Labute approximate surface area is 117 Å². The normalized spacial score (nSPS) is 19.9. The van der Waals surface area contributed by atoms with E-state index in [9.17, 15) is 0 Å². The van der Waals surface area contributed by atoms with Gasteiger partial charge in [0.25, 0.3) is 0 Å². The third kappa shape index (κ3) is 3.13. The average molecular weight is 314 g/mol. The van der Waals surface area contributed by atoms with Gasteiger partial charge in [0.2, 0.25) is 5.88 Å². The second-order valence-electron chi connectivity index (χ2n) is 4.64. The summed E-state index contributed by atoms with van der Waals surface area (Å²) in [5, 5.41) is 1.04. The number of rotatable bonds is 4. The summed E-state index contributed by atoms with van der Waals surface area (Å²) in [4.78, 5) is 11.2. The van der Waals surface area contributed by atoms with Crippen LogP contribution in [-0.4, -0.2) is 35.0 Å². The Balaban J connectivity index is 2.24. The molecule has 1 aliphatic rings. The molecule has 2 rings (SSSR count). The molecule has 0 radical (unpaired) electrons. The third-order valence-corrected chi connectivity index (χ3v) is 3.83. The van der Waals surface area contributed by atoms with Gasteiger partial charge >= 0.3 is 0 Å². The van der Waals surface area contributed by atoms with Crippen LogP contribution in [0.2, 0.25) is 0 Å². The lowest BCUT2D eigenvalue weighted by molar-refractivity contribution is 0.393. The number of anilines is 1. The summed E-state index contributed by atoms with van der Waals surface area (Å²) in [6.07, 6.45) is 4.96. The van der Waals surface area contributed by atoms with E-state index in [1.165, 1.54) is 19.3 Å². The molecule has 2 heterocycles. The van der Waals surface area contributed by atoms with Crippen LogP contribution in [0, 0.1) is 6.92 Å². The topological polar surface area (TPSA) is 38.2 Å². The molecule has 0 spiro atoms. The Hall–Kier alpha value is -0.840. The fourth-order valence-electron chi connectivity index (χ4n) is 2.51. The third-order valence-electron chi connectivity index (χ3n) is 3.37. The van der Waals surface area contributed by atoms with E-state index < -0.39 is 0 Å².